The summed E-state index contributed by atoms with van der Waals surface area (Å²) in [4.78, 5) is 0. The zero-order valence-electron chi connectivity index (χ0n) is 10.8. The van der Waals surface area contributed by atoms with Crippen LogP contribution in [0.4, 0.5) is 0 Å². The third kappa shape index (κ3) is 3.82. The van der Waals surface area contributed by atoms with E-state index in [-0.39, 0.29) is 0 Å². The molecule has 2 rings (SSSR count). The molecule has 94 valence electrons. The fourth-order valence-corrected chi connectivity index (χ4v) is 2.95. The Morgan fingerprint density at radius 1 is 1.35 bits per heavy atom. The summed E-state index contributed by atoms with van der Waals surface area (Å²) < 4.78 is 1.20. The Hall–Kier alpha value is -0.340. The highest BCUT2D eigenvalue weighted by Crippen LogP contribution is 2.24. The van der Waals surface area contributed by atoms with Gasteiger partial charge in [0.25, 0.3) is 0 Å². The largest absolute Gasteiger partial charge is 0.310 e. The van der Waals surface area contributed by atoms with Crippen LogP contribution < -0.4 is 5.32 Å². The first-order valence-electron chi connectivity index (χ1n) is 6.63. The van der Waals surface area contributed by atoms with Gasteiger partial charge in [-0.15, -0.1) is 0 Å². The molecular formula is C15H22BrN. The van der Waals surface area contributed by atoms with E-state index in [1.54, 1.807) is 0 Å². The average molecular weight is 296 g/mol. The molecule has 0 amide bonds. The molecule has 1 fully saturated rings. The predicted octanol–water partition coefficient (Wildman–Crippen LogP) is 4.43. The van der Waals surface area contributed by atoms with Crippen LogP contribution in [0.2, 0.25) is 0 Å². The molecule has 0 aliphatic heterocycles. The van der Waals surface area contributed by atoms with Gasteiger partial charge in [0, 0.05) is 17.1 Å². The van der Waals surface area contributed by atoms with Crippen molar-refractivity contribution in [1.82, 2.24) is 5.32 Å². The van der Waals surface area contributed by atoms with Crippen LogP contribution >= 0.6 is 15.9 Å². The van der Waals surface area contributed by atoms with Gasteiger partial charge in [-0.1, -0.05) is 47.8 Å². The Morgan fingerprint density at radius 3 is 2.88 bits per heavy atom. The Labute approximate surface area is 113 Å². The van der Waals surface area contributed by atoms with Gasteiger partial charge in [-0.25, -0.2) is 0 Å². The predicted molar refractivity (Wildman–Crippen MR) is 77.1 cm³/mol. The first kappa shape index (κ1) is 13.1. The second kappa shape index (κ2) is 6.01. The van der Waals surface area contributed by atoms with Crippen molar-refractivity contribution in [3.05, 3.63) is 33.8 Å². The molecule has 0 aromatic heterocycles. The lowest BCUT2D eigenvalue weighted by Gasteiger charge is -2.27. The van der Waals surface area contributed by atoms with Gasteiger partial charge in [-0.3, -0.25) is 0 Å². The van der Waals surface area contributed by atoms with Crippen LogP contribution in [0.3, 0.4) is 0 Å². The van der Waals surface area contributed by atoms with Crippen molar-refractivity contribution < 1.29 is 0 Å². The number of benzene rings is 1. The summed E-state index contributed by atoms with van der Waals surface area (Å²) in [6.07, 6.45) is 5.49. The minimum absolute atomic E-state index is 0.725. The molecule has 2 unspecified atom stereocenters. The van der Waals surface area contributed by atoms with Crippen LogP contribution in [0.25, 0.3) is 0 Å². The summed E-state index contributed by atoms with van der Waals surface area (Å²) in [7, 11) is 0. The van der Waals surface area contributed by atoms with Crippen molar-refractivity contribution in [3.8, 4) is 0 Å². The number of hydrogen-bond acceptors (Lipinski definition) is 1. The summed E-state index contributed by atoms with van der Waals surface area (Å²) in [5, 5.41) is 3.70. The molecule has 1 aromatic carbocycles. The highest BCUT2D eigenvalue weighted by molar-refractivity contribution is 9.10. The molecule has 2 atom stereocenters. The lowest BCUT2D eigenvalue weighted by Crippen LogP contribution is -2.33. The van der Waals surface area contributed by atoms with Gasteiger partial charge in [0.05, 0.1) is 0 Å². The first-order valence-corrected chi connectivity index (χ1v) is 7.43. The number of halogens is 1. The molecule has 17 heavy (non-hydrogen) atoms. The second-order valence-corrected chi connectivity index (χ2v) is 6.29. The van der Waals surface area contributed by atoms with Crippen LogP contribution in [-0.4, -0.2) is 6.04 Å². The highest BCUT2D eigenvalue weighted by Gasteiger charge is 2.17. The normalized spacial score (nSPS) is 24.9. The Morgan fingerprint density at radius 2 is 2.18 bits per heavy atom. The zero-order chi connectivity index (χ0) is 12.3. The van der Waals surface area contributed by atoms with E-state index >= 15 is 0 Å². The summed E-state index contributed by atoms with van der Waals surface area (Å²) in [6, 6.07) is 7.35. The number of hydrogen-bond donors (Lipinski definition) is 1. The second-order valence-electron chi connectivity index (χ2n) is 5.43. The molecule has 2 heteroatoms. The lowest BCUT2D eigenvalue weighted by atomic mass is 9.87. The monoisotopic (exact) mass is 295 g/mol. The minimum Gasteiger partial charge on any atom is -0.310 e. The molecule has 1 N–H and O–H groups in total. The van der Waals surface area contributed by atoms with E-state index in [2.05, 4.69) is 53.3 Å². The van der Waals surface area contributed by atoms with Gasteiger partial charge in [0.1, 0.15) is 0 Å². The summed E-state index contributed by atoms with van der Waals surface area (Å²) in [5.41, 5.74) is 2.71. The van der Waals surface area contributed by atoms with Crippen LogP contribution in [0.1, 0.15) is 43.7 Å². The van der Waals surface area contributed by atoms with E-state index in [1.807, 2.05) is 0 Å². The van der Waals surface area contributed by atoms with Crippen molar-refractivity contribution in [1.29, 1.82) is 0 Å². The van der Waals surface area contributed by atoms with Gasteiger partial charge in [-0.2, -0.15) is 0 Å². The van der Waals surface area contributed by atoms with Crippen molar-refractivity contribution >= 4 is 15.9 Å². The van der Waals surface area contributed by atoms with Crippen LogP contribution in [0.5, 0.6) is 0 Å². The molecule has 0 bridgehead atoms. The molecule has 0 saturated heterocycles. The molecule has 0 radical (unpaired) electrons. The van der Waals surface area contributed by atoms with Crippen molar-refractivity contribution in [2.45, 2.75) is 52.1 Å². The molecule has 1 nitrogen and oxygen atoms in total. The van der Waals surface area contributed by atoms with Crippen molar-refractivity contribution in [3.63, 3.8) is 0 Å². The zero-order valence-corrected chi connectivity index (χ0v) is 12.4. The number of aryl methyl sites for hydroxylation is 1. The Kier molecular flexibility index (Phi) is 4.63. The lowest BCUT2D eigenvalue weighted by molar-refractivity contribution is 0.300. The fourth-order valence-electron chi connectivity index (χ4n) is 2.70. The smallest absolute Gasteiger partial charge is 0.0208 e. The average Bonchev–Trinajstić information content (AvgIpc) is 2.31. The Balaban J connectivity index is 1.86. The standard InChI is InChI=1S/C15H22BrN/c1-11-4-3-5-14(8-11)17-10-13-6-7-15(16)12(2)9-13/h6-7,9,11,14,17H,3-5,8,10H2,1-2H3. The van der Waals surface area contributed by atoms with E-state index < -0.39 is 0 Å². The third-order valence-electron chi connectivity index (χ3n) is 3.75. The molecule has 1 aliphatic carbocycles. The van der Waals surface area contributed by atoms with Crippen molar-refractivity contribution in [2.75, 3.05) is 0 Å². The number of rotatable bonds is 3. The molecule has 0 spiro atoms. The van der Waals surface area contributed by atoms with E-state index in [1.165, 1.54) is 41.3 Å². The topological polar surface area (TPSA) is 12.0 Å². The fraction of sp³-hybridized carbons (Fsp3) is 0.600. The van der Waals surface area contributed by atoms with Crippen molar-refractivity contribution in [2.24, 2.45) is 5.92 Å². The van der Waals surface area contributed by atoms with Gasteiger partial charge in [0.15, 0.2) is 0 Å². The molecule has 1 saturated carbocycles. The molecule has 1 aromatic rings. The summed E-state index contributed by atoms with van der Waals surface area (Å²) in [5.74, 6) is 0.896. The van der Waals surface area contributed by atoms with Crippen LogP contribution in [0, 0.1) is 12.8 Å². The molecule has 1 aliphatic rings. The van der Waals surface area contributed by atoms with Gasteiger partial charge >= 0.3 is 0 Å². The quantitative estimate of drug-likeness (QED) is 0.870. The van der Waals surface area contributed by atoms with E-state index in [0.717, 1.165) is 18.5 Å². The maximum Gasteiger partial charge on any atom is 0.0208 e. The van der Waals surface area contributed by atoms with Gasteiger partial charge in [-0.05, 0) is 42.9 Å². The molecule has 0 heterocycles. The maximum absolute atomic E-state index is 3.70. The maximum atomic E-state index is 3.70. The van der Waals surface area contributed by atoms with Crippen LogP contribution in [-0.2, 0) is 6.54 Å². The van der Waals surface area contributed by atoms with Crippen LogP contribution in [0.15, 0.2) is 22.7 Å². The minimum atomic E-state index is 0.725. The van der Waals surface area contributed by atoms with Gasteiger partial charge < -0.3 is 5.32 Å². The Bertz CT molecular complexity index is 375. The van der Waals surface area contributed by atoms with E-state index in [4.69, 9.17) is 0 Å². The summed E-state index contributed by atoms with van der Waals surface area (Å²) in [6.45, 7) is 5.53. The number of nitrogens with one attached hydrogen (secondary N) is 1. The third-order valence-corrected chi connectivity index (χ3v) is 4.64. The highest BCUT2D eigenvalue weighted by atomic mass is 79.9. The van der Waals surface area contributed by atoms with Gasteiger partial charge in [0.2, 0.25) is 0 Å². The molecular weight excluding hydrogens is 274 g/mol. The SMILES string of the molecule is Cc1cc(CNC2CCCC(C)C2)ccc1Br. The first-order chi connectivity index (χ1) is 8.15. The van der Waals surface area contributed by atoms with E-state index in [0.29, 0.717) is 0 Å². The summed E-state index contributed by atoms with van der Waals surface area (Å²) >= 11 is 3.54. The van der Waals surface area contributed by atoms with E-state index in [9.17, 15) is 0 Å².